The van der Waals surface area contributed by atoms with Crippen LogP contribution in [0.15, 0.2) is 41.6 Å². The third-order valence-corrected chi connectivity index (χ3v) is 4.17. The van der Waals surface area contributed by atoms with Crippen LogP contribution in [0.2, 0.25) is 0 Å². The summed E-state index contributed by atoms with van der Waals surface area (Å²) in [6, 6.07) is 6.10. The molecule has 0 unspecified atom stereocenters. The second-order valence-corrected chi connectivity index (χ2v) is 6.18. The zero-order valence-corrected chi connectivity index (χ0v) is 15.3. The van der Waals surface area contributed by atoms with E-state index in [4.69, 9.17) is 4.74 Å². The number of fused-ring (bicyclic) bond motifs is 1. The normalized spacial score (nSPS) is 10.8. The van der Waals surface area contributed by atoms with Crippen molar-refractivity contribution < 1.29 is 18.7 Å². The molecule has 1 aromatic carbocycles. The van der Waals surface area contributed by atoms with E-state index in [-0.39, 0.29) is 18.5 Å². The Kier molecular flexibility index (Phi) is 5.48. The number of halogens is 1. The van der Waals surface area contributed by atoms with Gasteiger partial charge in [-0.1, -0.05) is 18.2 Å². The van der Waals surface area contributed by atoms with Gasteiger partial charge in [-0.15, -0.1) is 0 Å². The Morgan fingerprint density at radius 3 is 2.79 bits per heavy atom. The maximum absolute atomic E-state index is 13.7. The Hall–Kier alpha value is -3.56. The van der Waals surface area contributed by atoms with Gasteiger partial charge in [-0.2, -0.15) is 5.10 Å². The second kappa shape index (κ2) is 7.99. The zero-order chi connectivity index (χ0) is 20.3. The minimum Gasteiger partial charge on any atom is -0.454 e. The molecule has 0 radical (unpaired) electrons. The number of aryl methyl sites for hydroxylation is 1. The van der Waals surface area contributed by atoms with Crippen LogP contribution in [0.4, 0.5) is 4.39 Å². The number of carbonyl (C=O) groups is 2. The highest BCUT2D eigenvalue weighted by atomic mass is 19.1. The number of rotatable bonds is 6. The molecule has 9 nitrogen and oxygen atoms in total. The fourth-order valence-corrected chi connectivity index (χ4v) is 2.59. The van der Waals surface area contributed by atoms with Crippen molar-refractivity contribution in [1.82, 2.24) is 24.2 Å². The molecule has 28 heavy (non-hydrogen) atoms. The molecular formula is C18H18FN5O4. The van der Waals surface area contributed by atoms with E-state index in [9.17, 15) is 18.8 Å². The molecule has 0 spiro atoms. The van der Waals surface area contributed by atoms with E-state index in [2.05, 4.69) is 10.1 Å². The van der Waals surface area contributed by atoms with E-state index >= 15 is 0 Å². The van der Waals surface area contributed by atoms with Gasteiger partial charge in [-0.05, 0) is 6.07 Å². The zero-order valence-electron chi connectivity index (χ0n) is 15.3. The number of esters is 1. The first kappa shape index (κ1) is 19.2. The van der Waals surface area contributed by atoms with Crippen molar-refractivity contribution >= 4 is 22.9 Å². The molecule has 2 aromatic heterocycles. The van der Waals surface area contributed by atoms with Crippen molar-refractivity contribution in [3.63, 3.8) is 0 Å². The van der Waals surface area contributed by atoms with Crippen molar-refractivity contribution in [3.8, 4) is 0 Å². The molecule has 3 rings (SSSR count). The van der Waals surface area contributed by atoms with Gasteiger partial charge in [0, 0.05) is 26.2 Å². The van der Waals surface area contributed by atoms with Crippen LogP contribution in [0, 0.1) is 5.82 Å². The van der Waals surface area contributed by atoms with Gasteiger partial charge in [0.05, 0.1) is 6.20 Å². The summed E-state index contributed by atoms with van der Waals surface area (Å²) in [7, 11) is 3.13. The third-order valence-electron chi connectivity index (χ3n) is 4.17. The Morgan fingerprint density at radius 1 is 1.29 bits per heavy atom. The fourth-order valence-electron chi connectivity index (χ4n) is 2.59. The molecule has 0 aliphatic rings. The second-order valence-electron chi connectivity index (χ2n) is 6.18. The van der Waals surface area contributed by atoms with E-state index in [1.54, 1.807) is 25.2 Å². The summed E-state index contributed by atoms with van der Waals surface area (Å²) >= 11 is 0. The van der Waals surface area contributed by atoms with Gasteiger partial charge in [0.2, 0.25) is 0 Å². The molecule has 10 heteroatoms. The number of ether oxygens (including phenoxy) is 1. The summed E-state index contributed by atoms with van der Waals surface area (Å²) in [5.41, 5.74) is 0.324. The lowest BCUT2D eigenvalue weighted by Gasteiger charge is -2.17. The fraction of sp³-hybridized carbons (Fsp3) is 0.278. The average molecular weight is 387 g/mol. The topological polar surface area (TPSA) is 99.3 Å². The maximum atomic E-state index is 13.7. The minimum atomic E-state index is -0.764. The smallest absolute Gasteiger partial charge is 0.326 e. The summed E-state index contributed by atoms with van der Waals surface area (Å²) < 4.78 is 21.1. The molecule has 0 fully saturated rings. The summed E-state index contributed by atoms with van der Waals surface area (Å²) in [5.74, 6) is -1.68. The highest BCUT2D eigenvalue weighted by Gasteiger charge is 2.16. The number of hydrogen-bond donors (Lipinski definition) is 0. The van der Waals surface area contributed by atoms with Gasteiger partial charge in [-0.25, -0.2) is 9.37 Å². The van der Waals surface area contributed by atoms with Crippen LogP contribution in [-0.4, -0.2) is 49.8 Å². The maximum Gasteiger partial charge on any atom is 0.326 e. The van der Waals surface area contributed by atoms with Crippen LogP contribution in [-0.2, 0) is 34.5 Å². The lowest BCUT2D eigenvalue weighted by atomic mass is 10.2. The van der Waals surface area contributed by atoms with Gasteiger partial charge in [0.15, 0.2) is 12.3 Å². The molecule has 0 N–H and O–H groups in total. The molecule has 1 amide bonds. The van der Waals surface area contributed by atoms with Crippen molar-refractivity contribution in [1.29, 1.82) is 0 Å². The predicted octanol–water partition coefficient (Wildman–Crippen LogP) is 0.471. The SMILES string of the molecule is CN(Cc1ccccc1F)C(=O)COC(=O)Cn1cnc2c(cnn2C)c1=O. The van der Waals surface area contributed by atoms with Crippen molar-refractivity contribution in [3.05, 3.63) is 58.5 Å². The summed E-state index contributed by atoms with van der Waals surface area (Å²) in [6.45, 7) is -0.855. The first-order valence-electron chi connectivity index (χ1n) is 8.37. The van der Waals surface area contributed by atoms with Crippen LogP contribution >= 0.6 is 0 Å². The largest absolute Gasteiger partial charge is 0.454 e. The highest BCUT2D eigenvalue weighted by molar-refractivity contribution is 5.80. The highest BCUT2D eigenvalue weighted by Crippen LogP contribution is 2.09. The van der Waals surface area contributed by atoms with E-state index < -0.39 is 29.9 Å². The minimum absolute atomic E-state index is 0.0457. The predicted molar refractivity (Wildman–Crippen MR) is 96.6 cm³/mol. The molecule has 3 aromatic rings. The van der Waals surface area contributed by atoms with Crippen LogP contribution in [0.25, 0.3) is 11.0 Å². The van der Waals surface area contributed by atoms with Crippen LogP contribution in [0.3, 0.4) is 0 Å². The standard InChI is InChI=1S/C18H18FN5O4/c1-22(8-12-5-3-4-6-14(12)19)15(25)10-28-16(26)9-24-11-20-17-13(18(24)27)7-21-23(17)2/h3-7,11H,8-10H2,1-2H3. The average Bonchev–Trinajstić information content (AvgIpc) is 3.05. The van der Waals surface area contributed by atoms with E-state index in [0.29, 0.717) is 11.2 Å². The molecule has 0 atom stereocenters. The third kappa shape index (κ3) is 4.05. The lowest BCUT2D eigenvalue weighted by molar-refractivity contribution is -0.152. The number of nitrogens with zero attached hydrogens (tertiary/aromatic N) is 5. The molecule has 0 aliphatic carbocycles. The van der Waals surface area contributed by atoms with Gasteiger partial charge in [0.1, 0.15) is 24.1 Å². The van der Waals surface area contributed by atoms with E-state index in [1.165, 1.54) is 35.2 Å². The van der Waals surface area contributed by atoms with E-state index in [0.717, 1.165) is 4.57 Å². The Bertz CT molecular complexity index is 1090. The van der Waals surface area contributed by atoms with Gasteiger partial charge in [-0.3, -0.25) is 23.6 Å². The summed E-state index contributed by atoms with van der Waals surface area (Å²) in [5, 5.41) is 4.22. The van der Waals surface area contributed by atoms with Gasteiger partial charge >= 0.3 is 5.97 Å². The Balaban J connectivity index is 1.57. The number of benzene rings is 1. The first-order valence-corrected chi connectivity index (χ1v) is 8.37. The molecule has 0 aliphatic heterocycles. The molecular weight excluding hydrogens is 369 g/mol. The van der Waals surface area contributed by atoms with E-state index in [1.807, 2.05) is 0 Å². The van der Waals surface area contributed by atoms with Crippen LogP contribution in [0.1, 0.15) is 5.56 Å². The van der Waals surface area contributed by atoms with Crippen LogP contribution < -0.4 is 5.56 Å². The van der Waals surface area contributed by atoms with Crippen molar-refractivity contribution in [2.75, 3.05) is 13.7 Å². The quantitative estimate of drug-likeness (QED) is 0.570. The molecule has 0 saturated heterocycles. The summed E-state index contributed by atoms with van der Waals surface area (Å²) in [4.78, 5) is 41.7. The number of hydrogen-bond acceptors (Lipinski definition) is 6. The number of amides is 1. The van der Waals surface area contributed by atoms with Crippen LogP contribution in [0.5, 0.6) is 0 Å². The Labute approximate surface area is 159 Å². The number of likely N-dealkylation sites (N-methyl/N-ethyl adjacent to an activating group) is 1. The first-order chi connectivity index (χ1) is 13.4. The molecule has 0 saturated carbocycles. The summed E-state index contributed by atoms with van der Waals surface area (Å²) in [6.07, 6.45) is 2.59. The number of aromatic nitrogens is 4. The number of carbonyl (C=O) groups excluding carboxylic acids is 2. The van der Waals surface area contributed by atoms with Gasteiger partial charge < -0.3 is 9.64 Å². The monoisotopic (exact) mass is 387 g/mol. The van der Waals surface area contributed by atoms with Crippen molar-refractivity contribution in [2.24, 2.45) is 7.05 Å². The van der Waals surface area contributed by atoms with Crippen molar-refractivity contribution in [2.45, 2.75) is 13.1 Å². The lowest BCUT2D eigenvalue weighted by Crippen LogP contribution is -2.32. The van der Waals surface area contributed by atoms with Gasteiger partial charge in [0.25, 0.3) is 11.5 Å². The Morgan fingerprint density at radius 2 is 2.04 bits per heavy atom. The molecule has 0 bridgehead atoms. The molecule has 2 heterocycles. The molecule has 146 valence electrons.